The Balaban J connectivity index is 2.32. The van der Waals surface area contributed by atoms with Crippen molar-refractivity contribution in [2.45, 2.75) is 13.3 Å². The lowest BCUT2D eigenvalue weighted by Crippen LogP contribution is -2.13. The summed E-state index contributed by atoms with van der Waals surface area (Å²) in [6.07, 6.45) is 2.20. The molecule has 0 saturated heterocycles. The van der Waals surface area contributed by atoms with Crippen LogP contribution in [0.25, 0.3) is 6.08 Å². The second kappa shape index (κ2) is 8.37. The minimum absolute atomic E-state index is 0.0634. The zero-order valence-corrected chi connectivity index (χ0v) is 16.7. The van der Waals surface area contributed by atoms with Gasteiger partial charge >= 0.3 is 0 Å². The third kappa shape index (κ3) is 4.41. The summed E-state index contributed by atoms with van der Waals surface area (Å²) >= 11 is 8.04. The Kier molecular flexibility index (Phi) is 6.48. The fourth-order valence-electron chi connectivity index (χ4n) is 1.82. The SMILES string of the molecule is CCc1nnc(NC(=O)/C(C#N)=C\c2cc(Br)cc(Br)c2OC)s1. The Morgan fingerprint density at radius 2 is 2.21 bits per heavy atom. The topological polar surface area (TPSA) is 87.9 Å². The van der Waals surface area contributed by atoms with Crippen molar-refractivity contribution in [3.05, 3.63) is 37.2 Å². The number of nitriles is 1. The zero-order valence-electron chi connectivity index (χ0n) is 12.8. The van der Waals surface area contributed by atoms with Crippen LogP contribution < -0.4 is 10.1 Å². The number of carbonyl (C=O) groups excluding carboxylic acids is 1. The van der Waals surface area contributed by atoms with Crippen LogP contribution in [0.4, 0.5) is 5.13 Å². The lowest BCUT2D eigenvalue weighted by atomic mass is 10.1. The van der Waals surface area contributed by atoms with Gasteiger partial charge in [-0.15, -0.1) is 10.2 Å². The molecular formula is C15H12Br2N4O2S. The highest BCUT2D eigenvalue weighted by Crippen LogP contribution is 2.34. The standard InChI is InChI=1S/C15H12Br2N4O2S/c1-3-12-20-21-15(24-12)19-14(22)9(7-18)4-8-5-10(16)6-11(17)13(8)23-2/h4-6H,3H2,1-2H3,(H,19,21,22)/b9-4-. The number of aromatic nitrogens is 2. The van der Waals surface area contributed by atoms with Crippen molar-refractivity contribution in [1.29, 1.82) is 5.26 Å². The normalized spacial score (nSPS) is 11.0. The molecule has 1 aromatic carbocycles. The monoisotopic (exact) mass is 470 g/mol. The van der Waals surface area contributed by atoms with E-state index in [1.54, 1.807) is 6.07 Å². The number of ether oxygens (including phenoxy) is 1. The minimum atomic E-state index is -0.547. The van der Waals surface area contributed by atoms with Crippen LogP contribution in [0.5, 0.6) is 5.75 Å². The van der Waals surface area contributed by atoms with E-state index in [1.807, 2.05) is 19.1 Å². The van der Waals surface area contributed by atoms with E-state index in [9.17, 15) is 10.1 Å². The van der Waals surface area contributed by atoms with Crippen molar-refractivity contribution in [3.63, 3.8) is 0 Å². The van der Waals surface area contributed by atoms with E-state index in [1.165, 1.54) is 24.5 Å². The Morgan fingerprint density at radius 3 is 2.79 bits per heavy atom. The van der Waals surface area contributed by atoms with E-state index >= 15 is 0 Å². The Bertz CT molecular complexity index is 842. The van der Waals surface area contributed by atoms with E-state index in [-0.39, 0.29) is 5.57 Å². The maximum atomic E-state index is 12.3. The van der Waals surface area contributed by atoms with Gasteiger partial charge in [0.2, 0.25) is 5.13 Å². The van der Waals surface area contributed by atoms with Gasteiger partial charge in [0.25, 0.3) is 5.91 Å². The van der Waals surface area contributed by atoms with Gasteiger partial charge in [-0.25, -0.2) is 0 Å². The summed E-state index contributed by atoms with van der Waals surface area (Å²) in [7, 11) is 1.52. The zero-order chi connectivity index (χ0) is 17.7. The summed E-state index contributed by atoms with van der Waals surface area (Å²) in [4.78, 5) is 12.3. The molecule has 0 spiro atoms. The van der Waals surface area contributed by atoms with E-state index < -0.39 is 5.91 Å². The van der Waals surface area contributed by atoms with Crippen LogP contribution in [0.2, 0.25) is 0 Å². The van der Waals surface area contributed by atoms with Crippen LogP contribution in [0.1, 0.15) is 17.5 Å². The van der Waals surface area contributed by atoms with Gasteiger partial charge in [-0.3, -0.25) is 10.1 Å². The smallest absolute Gasteiger partial charge is 0.268 e. The molecule has 24 heavy (non-hydrogen) atoms. The maximum Gasteiger partial charge on any atom is 0.268 e. The van der Waals surface area contributed by atoms with Crippen molar-refractivity contribution >= 4 is 60.3 Å². The number of benzene rings is 1. The molecule has 124 valence electrons. The van der Waals surface area contributed by atoms with Crippen molar-refractivity contribution in [3.8, 4) is 11.8 Å². The third-order valence-corrected chi connectivity index (χ3v) is 4.93. The lowest BCUT2D eigenvalue weighted by Gasteiger charge is -2.09. The highest BCUT2D eigenvalue weighted by molar-refractivity contribution is 9.11. The molecule has 1 amide bonds. The van der Waals surface area contributed by atoms with Crippen molar-refractivity contribution in [1.82, 2.24) is 10.2 Å². The van der Waals surface area contributed by atoms with Crippen molar-refractivity contribution < 1.29 is 9.53 Å². The summed E-state index contributed by atoms with van der Waals surface area (Å²) in [5.74, 6) is -0.0163. The van der Waals surface area contributed by atoms with Gasteiger partial charge in [-0.1, -0.05) is 34.2 Å². The maximum absolute atomic E-state index is 12.3. The van der Waals surface area contributed by atoms with E-state index in [0.717, 1.165) is 15.9 Å². The summed E-state index contributed by atoms with van der Waals surface area (Å²) in [6, 6.07) is 5.47. The van der Waals surface area contributed by atoms with Crippen molar-refractivity contribution in [2.24, 2.45) is 0 Å². The van der Waals surface area contributed by atoms with Gasteiger partial charge in [-0.05, 0) is 40.6 Å². The largest absolute Gasteiger partial charge is 0.495 e. The van der Waals surface area contributed by atoms with Crippen LogP contribution in [0, 0.1) is 11.3 Å². The van der Waals surface area contributed by atoms with Crippen LogP contribution in [-0.4, -0.2) is 23.2 Å². The predicted octanol–water partition coefficient (Wildman–Crippen LogP) is 4.18. The molecule has 1 N–H and O–H groups in total. The average Bonchev–Trinajstić information content (AvgIpc) is 2.99. The van der Waals surface area contributed by atoms with Crippen LogP contribution in [0.15, 0.2) is 26.7 Å². The number of nitrogens with zero attached hydrogens (tertiary/aromatic N) is 3. The Morgan fingerprint density at radius 1 is 1.46 bits per heavy atom. The number of nitrogens with one attached hydrogen (secondary N) is 1. The fourth-order valence-corrected chi connectivity index (χ4v) is 3.91. The minimum Gasteiger partial charge on any atom is -0.495 e. The molecule has 0 aliphatic heterocycles. The number of rotatable bonds is 5. The predicted molar refractivity (Wildman–Crippen MR) is 99.9 cm³/mol. The molecule has 0 atom stereocenters. The molecule has 0 saturated carbocycles. The third-order valence-electron chi connectivity index (χ3n) is 2.90. The van der Waals surface area contributed by atoms with E-state index in [0.29, 0.717) is 20.9 Å². The van der Waals surface area contributed by atoms with E-state index in [4.69, 9.17) is 4.74 Å². The molecule has 0 aliphatic carbocycles. The molecule has 0 bridgehead atoms. The molecule has 0 fully saturated rings. The number of aryl methyl sites for hydroxylation is 1. The van der Waals surface area contributed by atoms with Gasteiger partial charge in [0.15, 0.2) is 0 Å². The number of methoxy groups -OCH3 is 1. The summed E-state index contributed by atoms with van der Waals surface area (Å²) < 4.78 is 6.81. The first-order chi connectivity index (χ1) is 11.5. The molecule has 2 aromatic rings. The van der Waals surface area contributed by atoms with E-state index in [2.05, 4.69) is 47.4 Å². The summed E-state index contributed by atoms with van der Waals surface area (Å²) in [6.45, 7) is 1.95. The van der Waals surface area contributed by atoms with Crippen LogP contribution in [0.3, 0.4) is 0 Å². The highest BCUT2D eigenvalue weighted by atomic mass is 79.9. The number of carbonyl (C=O) groups is 1. The first-order valence-corrected chi connectivity index (χ1v) is 9.17. The molecule has 0 aliphatic rings. The lowest BCUT2D eigenvalue weighted by molar-refractivity contribution is -0.112. The van der Waals surface area contributed by atoms with Gasteiger partial charge in [-0.2, -0.15) is 5.26 Å². The second-order valence-corrected chi connectivity index (χ2v) is 7.32. The number of anilines is 1. The quantitative estimate of drug-likeness (QED) is 0.522. The first-order valence-electron chi connectivity index (χ1n) is 6.77. The Labute approximate surface area is 159 Å². The highest BCUT2D eigenvalue weighted by Gasteiger charge is 2.15. The number of hydrogen-bond acceptors (Lipinski definition) is 6. The first kappa shape index (κ1) is 18.6. The molecule has 1 heterocycles. The number of hydrogen-bond donors (Lipinski definition) is 1. The van der Waals surface area contributed by atoms with Gasteiger partial charge in [0.1, 0.15) is 22.4 Å². The molecule has 1 aromatic heterocycles. The number of amides is 1. The summed E-state index contributed by atoms with van der Waals surface area (Å²) in [5, 5.41) is 20.9. The van der Waals surface area contributed by atoms with Crippen molar-refractivity contribution in [2.75, 3.05) is 12.4 Å². The Hall–Kier alpha value is -1.76. The molecule has 2 rings (SSSR count). The summed E-state index contributed by atoms with van der Waals surface area (Å²) in [5.41, 5.74) is 0.531. The molecule has 6 nitrogen and oxygen atoms in total. The molecule has 9 heteroatoms. The van der Waals surface area contributed by atoms with Gasteiger partial charge < -0.3 is 4.74 Å². The average molecular weight is 472 g/mol. The van der Waals surface area contributed by atoms with Gasteiger partial charge in [0, 0.05) is 10.0 Å². The van der Waals surface area contributed by atoms with Crippen LogP contribution in [-0.2, 0) is 11.2 Å². The molecule has 0 unspecified atom stereocenters. The van der Waals surface area contributed by atoms with Gasteiger partial charge in [0.05, 0.1) is 11.6 Å². The molecular weight excluding hydrogens is 460 g/mol. The number of halogens is 2. The fraction of sp³-hybridized carbons (Fsp3) is 0.200. The van der Waals surface area contributed by atoms with Crippen LogP contribution >= 0.6 is 43.2 Å². The second-order valence-electron chi connectivity index (χ2n) is 4.49. The molecule has 0 radical (unpaired) electrons.